The largest absolute Gasteiger partial charge is 0.366 e. The van der Waals surface area contributed by atoms with Gasteiger partial charge in [-0.2, -0.15) is 0 Å². The molecule has 5 heteroatoms. The summed E-state index contributed by atoms with van der Waals surface area (Å²) in [5, 5.41) is 1.62. The topological polar surface area (TPSA) is 56.0 Å². The van der Waals surface area contributed by atoms with E-state index in [4.69, 9.17) is 17.3 Å². The van der Waals surface area contributed by atoms with Gasteiger partial charge in [-0.05, 0) is 25.0 Å². The van der Waals surface area contributed by atoms with E-state index in [9.17, 15) is 4.79 Å². The van der Waals surface area contributed by atoms with E-state index in [-0.39, 0.29) is 0 Å². The molecule has 1 aliphatic rings. The number of thioether (sulfide) groups is 1. The summed E-state index contributed by atoms with van der Waals surface area (Å²) in [6.07, 6.45) is 6.17. The van der Waals surface area contributed by atoms with Crippen LogP contribution in [0.5, 0.6) is 0 Å². The van der Waals surface area contributed by atoms with Crippen LogP contribution in [-0.4, -0.2) is 16.1 Å². The molecule has 2 N–H and O–H groups in total. The molecule has 0 aliphatic heterocycles. The van der Waals surface area contributed by atoms with Crippen molar-refractivity contribution in [3.8, 4) is 0 Å². The minimum Gasteiger partial charge on any atom is -0.366 e. The van der Waals surface area contributed by atoms with E-state index in [0.717, 1.165) is 0 Å². The van der Waals surface area contributed by atoms with E-state index < -0.39 is 5.91 Å². The van der Waals surface area contributed by atoms with E-state index in [1.807, 2.05) is 0 Å². The van der Waals surface area contributed by atoms with Crippen molar-refractivity contribution in [2.45, 2.75) is 42.4 Å². The summed E-state index contributed by atoms with van der Waals surface area (Å²) in [4.78, 5) is 15.5. The minimum atomic E-state index is -0.438. The highest BCUT2D eigenvalue weighted by atomic mass is 35.5. The van der Waals surface area contributed by atoms with Crippen molar-refractivity contribution in [3.05, 3.63) is 22.8 Å². The highest BCUT2D eigenvalue weighted by Gasteiger charge is 2.19. The molecule has 0 aromatic carbocycles. The number of primary amides is 1. The molecule has 0 unspecified atom stereocenters. The molecule has 0 atom stereocenters. The van der Waals surface area contributed by atoms with Gasteiger partial charge in [-0.25, -0.2) is 4.98 Å². The van der Waals surface area contributed by atoms with Crippen LogP contribution in [0.4, 0.5) is 0 Å². The molecule has 0 spiro atoms. The summed E-state index contributed by atoms with van der Waals surface area (Å²) < 4.78 is 0. The van der Waals surface area contributed by atoms with Gasteiger partial charge in [0.15, 0.2) is 0 Å². The Bertz CT molecular complexity index is 419. The number of amides is 1. The number of rotatable bonds is 3. The van der Waals surface area contributed by atoms with Gasteiger partial charge in [0.2, 0.25) is 0 Å². The maximum Gasteiger partial charge on any atom is 0.251 e. The van der Waals surface area contributed by atoms with Gasteiger partial charge >= 0.3 is 0 Å². The Balaban J connectivity index is 2.17. The number of carbonyl (C=O) groups excluding carboxylic acids is 1. The number of nitrogens with two attached hydrogens (primary N) is 1. The van der Waals surface area contributed by atoms with E-state index in [1.165, 1.54) is 32.1 Å². The van der Waals surface area contributed by atoms with Crippen molar-refractivity contribution < 1.29 is 4.79 Å². The standard InChI is InChI=1S/C12H15ClN2OS/c13-10-7-6-9(11(14)16)12(15-10)17-8-4-2-1-3-5-8/h6-8H,1-5H2,(H2,14,16). The zero-order valence-corrected chi connectivity index (χ0v) is 11.1. The molecule has 1 saturated carbocycles. The smallest absolute Gasteiger partial charge is 0.251 e. The third-order valence-electron chi connectivity index (χ3n) is 2.92. The van der Waals surface area contributed by atoms with Crippen LogP contribution in [0.25, 0.3) is 0 Å². The summed E-state index contributed by atoms with van der Waals surface area (Å²) >= 11 is 7.50. The maximum atomic E-state index is 11.3. The van der Waals surface area contributed by atoms with Crippen molar-refractivity contribution in [1.29, 1.82) is 0 Å². The molecular formula is C12H15ClN2OS. The van der Waals surface area contributed by atoms with Gasteiger partial charge in [0, 0.05) is 5.25 Å². The first-order chi connectivity index (χ1) is 8.16. The molecule has 1 heterocycles. The summed E-state index contributed by atoms with van der Waals surface area (Å²) in [6.45, 7) is 0. The number of nitrogens with zero attached hydrogens (tertiary/aromatic N) is 1. The van der Waals surface area contributed by atoms with Crippen LogP contribution in [0.3, 0.4) is 0 Å². The van der Waals surface area contributed by atoms with Gasteiger partial charge in [0.25, 0.3) is 5.91 Å². The highest BCUT2D eigenvalue weighted by Crippen LogP contribution is 2.34. The predicted molar refractivity (Wildman–Crippen MR) is 70.5 cm³/mol. The normalized spacial score (nSPS) is 17.0. The summed E-state index contributed by atoms with van der Waals surface area (Å²) in [5.74, 6) is -0.438. The second-order valence-corrected chi connectivity index (χ2v) is 5.91. The first-order valence-electron chi connectivity index (χ1n) is 5.80. The molecule has 1 aliphatic carbocycles. The van der Waals surface area contributed by atoms with Crippen LogP contribution in [0.2, 0.25) is 5.15 Å². The van der Waals surface area contributed by atoms with Crippen LogP contribution in [0.15, 0.2) is 17.2 Å². The van der Waals surface area contributed by atoms with Crippen LogP contribution in [0, 0.1) is 0 Å². The van der Waals surface area contributed by atoms with E-state index in [1.54, 1.807) is 23.9 Å². The fourth-order valence-corrected chi connectivity index (χ4v) is 3.57. The molecule has 1 amide bonds. The van der Waals surface area contributed by atoms with Crippen molar-refractivity contribution in [3.63, 3.8) is 0 Å². The molecule has 92 valence electrons. The number of halogens is 1. The van der Waals surface area contributed by atoms with E-state index in [2.05, 4.69) is 4.98 Å². The lowest BCUT2D eigenvalue weighted by Crippen LogP contribution is -2.15. The Morgan fingerprint density at radius 2 is 2.06 bits per heavy atom. The van der Waals surface area contributed by atoms with Crippen molar-refractivity contribution in [2.24, 2.45) is 5.73 Å². The number of hydrogen-bond acceptors (Lipinski definition) is 3. The van der Waals surface area contributed by atoms with Crippen molar-refractivity contribution >= 4 is 29.3 Å². The Labute approximate surface area is 110 Å². The molecule has 0 saturated heterocycles. The van der Waals surface area contributed by atoms with Crippen LogP contribution >= 0.6 is 23.4 Å². The first-order valence-corrected chi connectivity index (χ1v) is 7.05. The molecule has 1 aromatic rings. The zero-order valence-electron chi connectivity index (χ0n) is 9.49. The molecule has 3 nitrogen and oxygen atoms in total. The van der Waals surface area contributed by atoms with Gasteiger partial charge in [-0.3, -0.25) is 4.79 Å². The van der Waals surface area contributed by atoms with E-state index in [0.29, 0.717) is 21.0 Å². The van der Waals surface area contributed by atoms with Crippen LogP contribution in [0.1, 0.15) is 42.5 Å². The lowest BCUT2D eigenvalue weighted by molar-refractivity contribution is 0.0997. The number of carbonyl (C=O) groups is 1. The second-order valence-electron chi connectivity index (χ2n) is 4.23. The summed E-state index contributed by atoms with van der Waals surface area (Å²) in [5.41, 5.74) is 5.81. The molecule has 0 radical (unpaired) electrons. The van der Waals surface area contributed by atoms with Crippen LogP contribution < -0.4 is 5.73 Å². The SMILES string of the molecule is NC(=O)c1ccc(Cl)nc1SC1CCCCC1. The molecule has 17 heavy (non-hydrogen) atoms. The Morgan fingerprint density at radius 1 is 1.35 bits per heavy atom. The Hall–Kier alpha value is -0.740. The summed E-state index contributed by atoms with van der Waals surface area (Å²) in [7, 11) is 0. The van der Waals surface area contributed by atoms with Gasteiger partial charge in [-0.15, -0.1) is 11.8 Å². The fraction of sp³-hybridized carbons (Fsp3) is 0.500. The van der Waals surface area contributed by atoms with Gasteiger partial charge in [0.1, 0.15) is 10.2 Å². The zero-order chi connectivity index (χ0) is 12.3. The number of pyridine rings is 1. The van der Waals surface area contributed by atoms with Gasteiger partial charge < -0.3 is 5.73 Å². The predicted octanol–water partition coefficient (Wildman–Crippen LogP) is 3.26. The third kappa shape index (κ3) is 3.36. The fourth-order valence-electron chi connectivity index (χ4n) is 2.04. The molecule has 1 fully saturated rings. The Morgan fingerprint density at radius 3 is 2.71 bits per heavy atom. The second kappa shape index (κ2) is 5.74. The molecule has 1 aromatic heterocycles. The number of aromatic nitrogens is 1. The average Bonchev–Trinajstić information content (AvgIpc) is 2.30. The third-order valence-corrected chi connectivity index (χ3v) is 4.47. The van der Waals surface area contributed by atoms with Crippen molar-refractivity contribution in [1.82, 2.24) is 4.98 Å². The monoisotopic (exact) mass is 270 g/mol. The number of hydrogen-bond donors (Lipinski definition) is 1. The van der Waals surface area contributed by atoms with E-state index >= 15 is 0 Å². The molecule has 0 bridgehead atoms. The first kappa shape index (κ1) is 12.7. The quantitative estimate of drug-likeness (QED) is 0.858. The average molecular weight is 271 g/mol. The van der Waals surface area contributed by atoms with Crippen LogP contribution in [-0.2, 0) is 0 Å². The minimum absolute atomic E-state index is 0.410. The van der Waals surface area contributed by atoms with Crippen molar-refractivity contribution in [2.75, 3.05) is 0 Å². The Kier molecular flexibility index (Phi) is 4.29. The maximum absolute atomic E-state index is 11.3. The summed E-state index contributed by atoms with van der Waals surface area (Å²) in [6, 6.07) is 3.26. The molecule has 2 rings (SSSR count). The molecular weight excluding hydrogens is 256 g/mol. The lowest BCUT2D eigenvalue weighted by Gasteiger charge is -2.21. The van der Waals surface area contributed by atoms with Gasteiger partial charge in [-0.1, -0.05) is 30.9 Å². The highest BCUT2D eigenvalue weighted by molar-refractivity contribution is 7.99. The van der Waals surface area contributed by atoms with Gasteiger partial charge in [0.05, 0.1) is 5.56 Å². The lowest BCUT2D eigenvalue weighted by atomic mass is 10.0.